The molecule has 0 unspecified atom stereocenters. The van der Waals surface area contributed by atoms with E-state index in [0.717, 1.165) is 11.8 Å². The smallest absolute Gasteiger partial charge is 0.177 e. The van der Waals surface area contributed by atoms with Gasteiger partial charge in [0.25, 0.3) is 0 Å². The lowest BCUT2D eigenvalue weighted by Crippen LogP contribution is -2.27. The molecule has 1 atom stereocenters. The number of hydrogen-bond acceptors (Lipinski definition) is 3. The molecule has 3 N–H and O–H groups in total. The Morgan fingerprint density at radius 3 is 3.00 bits per heavy atom. The van der Waals surface area contributed by atoms with Crippen LogP contribution in [0.15, 0.2) is 18.3 Å². The highest BCUT2D eigenvalue weighted by Gasteiger charge is 2.26. The molecule has 112 valence electrons. The zero-order valence-corrected chi connectivity index (χ0v) is 12.1. The standard InChI is InChI=1S/C14H15F2N3OS/c15-9-3-8-4-11(7-20-13(8)12(16)5-9)19-10(1-2-17)6-18-14(19)21/h3,5-6,11H,1-2,4,7,17H2,(H,18,21)/t11-/m0/s1. The van der Waals surface area contributed by atoms with Gasteiger partial charge in [0, 0.05) is 36.4 Å². The molecule has 0 saturated carbocycles. The van der Waals surface area contributed by atoms with Crippen molar-refractivity contribution in [3.05, 3.63) is 46.0 Å². The summed E-state index contributed by atoms with van der Waals surface area (Å²) in [5.74, 6) is -1.13. The molecular weight excluding hydrogens is 296 g/mol. The van der Waals surface area contributed by atoms with Gasteiger partial charge >= 0.3 is 0 Å². The van der Waals surface area contributed by atoms with Crippen molar-refractivity contribution in [1.29, 1.82) is 0 Å². The average Bonchev–Trinajstić information content (AvgIpc) is 2.79. The fourth-order valence-corrected chi connectivity index (χ4v) is 3.07. The fourth-order valence-electron chi connectivity index (χ4n) is 2.74. The number of nitrogens with one attached hydrogen (secondary N) is 1. The summed E-state index contributed by atoms with van der Waals surface area (Å²) in [6.07, 6.45) is 2.96. The van der Waals surface area contributed by atoms with Crippen molar-refractivity contribution in [3.8, 4) is 5.75 Å². The largest absolute Gasteiger partial charge is 0.488 e. The Kier molecular flexibility index (Phi) is 3.77. The van der Waals surface area contributed by atoms with Crippen molar-refractivity contribution < 1.29 is 13.5 Å². The molecule has 0 fully saturated rings. The van der Waals surface area contributed by atoms with Gasteiger partial charge < -0.3 is 20.0 Å². The van der Waals surface area contributed by atoms with Crippen molar-refractivity contribution in [2.24, 2.45) is 5.73 Å². The minimum absolute atomic E-state index is 0.0981. The first-order valence-corrected chi connectivity index (χ1v) is 7.10. The van der Waals surface area contributed by atoms with Gasteiger partial charge in [-0.2, -0.15) is 0 Å². The summed E-state index contributed by atoms with van der Waals surface area (Å²) in [7, 11) is 0. The predicted octanol–water partition coefficient (Wildman–Crippen LogP) is 2.50. The summed E-state index contributed by atoms with van der Waals surface area (Å²) >= 11 is 5.28. The van der Waals surface area contributed by atoms with Gasteiger partial charge in [0.15, 0.2) is 16.3 Å². The Morgan fingerprint density at radius 1 is 1.43 bits per heavy atom. The third kappa shape index (κ3) is 2.58. The number of fused-ring (bicyclic) bond motifs is 1. The molecule has 1 aliphatic heterocycles. The Bertz CT molecular complexity index is 725. The molecule has 0 bridgehead atoms. The zero-order chi connectivity index (χ0) is 15.0. The zero-order valence-electron chi connectivity index (χ0n) is 11.2. The van der Waals surface area contributed by atoms with E-state index in [2.05, 4.69) is 4.98 Å². The number of nitrogens with two attached hydrogens (primary N) is 1. The van der Waals surface area contributed by atoms with E-state index in [4.69, 9.17) is 22.7 Å². The van der Waals surface area contributed by atoms with E-state index in [9.17, 15) is 8.78 Å². The highest BCUT2D eigenvalue weighted by atomic mass is 32.1. The second kappa shape index (κ2) is 5.57. The van der Waals surface area contributed by atoms with Gasteiger partial charge in [-0.3, -0.25) is 0 Å². The Balaban J connectivity index is 1.97. The number of aromatic nitrogens is 2. The van der Waals surface area contributed by atoms with Crippen molar-refractivity contribution in [1.82, 2.24) is 9.55 Å². The molecule has 0 saturated heterocycles. The Labute approximate surface area is 125 Å². The summed E-state index contributed by atoms with van der Waals surface area (Å²) in [6.45, 7) is 0.791. The highest BCUT2D eigenvalue weighted by Crippen LogP contribution is 2.33. The van der Waals surface area contributed by atoms with Crippen LogP contribution in [-0.2, 0) is 12.8 Å². The van der Waals surface area contributed by atoms with Gasteiger partial charge in [0.1, 0.15) is 12.4 Å². The van der Waals surface area contributed by atoms with E-state index in [1.165, 1.54) is 6.07 Å². The number of aromatic amines is 1. The third-order valence-corrected chi connectivity index (χ3v) is 3.93. The van der Waals surface area contributed by atoms with Crippen molar-refractivity contribution >= 4 is 12.2 Å². The number of ether oxygens (including phenoxy) is 1. The molecule has 2 heterocycles. The second-order valence-electron chi connectivity index (χ2n) is 5.04. The van der Waals surface area contributed by atoms with E-state index < -0.39 is 11.6 Å². The van der Waals surface area contributed by atoms with E-state index in [-0.39, 0.29) is 11.8 Å². The number of rotatable bonds is 3. The number of nitrogens with zero attached hydrogens (tertiary/aromatic N) is 1. The SMILES string of the molecule is NCCc1c[nH]c(=S)n1[C@@H]1COc2c(F)cc(F)cc2C1. The van der Waals surface area contributed by atoms with Crippen LogP contribution in [0.25, 0.3) is 0 Å². The number of benzene rings is 1. The molecule has 0 spiro atoms. The molecule has 0 amide bonds. The minimum Gasteiger partial charge on any atom is -0.488 e. The molecule has 7 heteroatoms. The van der Waals surface area contributed by atoms with E-state index in [1.54, 1.807) is 0 Å². The summed E-state index contributed by atoms with van der Waals surface area (Å²) in [5, 5.41) is 0. The summed E-state index contributed by atoms with van der Waals surface area (Å²) in [5.41, 5.74) is 7.08. The van der Waals surface area contributed by atoms with Crippen LogP contribution in [0.4, 0.5) is 8.78 Å². The van der Waals surface area contributed by atoms with E-state index >= 15 is 0 Å². The molecule has 0 radical (unpaired) electrons. The highest BCUT2D eigenvalue weighted by molar-refractivity contribution is 7.71. The maximum Gasteiger partial charge on any atom is 0.177 e. The van der Waals surface area contributed by atoms with Crippen molar-refractivity contribution in [3.63, 3.8) is 0 Å². The monoisotopic (exact) mass is 311 g/mol. The summed E-state index contributed by atoms with van der Waals surface area (Å²) in [6, 6.07) is 2.05. The lowest BCUT2D eigenvalue weighted by atomic mass is 10.0. The number of imidazole rings is 1. The van der Waals surface area contributed by atoms with Crippen LogP contribution < -0.4 is 10.5 Å². The Hall–Kier alpha value is -1.73. The van der Waals surface area contributed by atoms with Crippen molar-refractivity contribution in [2.45, 2.75) is 18.9 Å². The normalized spacial score (nSPS) is 17.4. The van der Waals surface area contributed by atoms with Crippen LogP contribution in [0.2, 0.25) is 0 Å². The maximum atomic E-state index is 13.7. The number of hydrogen-bond donors (Lipinski definition) is 2. The van der Waals surface area contributed by atoms with Crippen molar-refractivity contribution in [2.75, 3.05) is 13.2 Å². The first-order chi connectivity index (χ1) is 10.1. The van der Waals surface area contributed by atoms with E-state index in [0.29, 0.717) is 36.3 Å². The summed E-state index contributed by atoms with van der Waals surface area (Å²) < 4.78 is 35.0. The van der Waals surface area contributed by atoms with Gasteiger partial charge in [0.2, 0.25) is 0 Å². The van der Waals surface area contributed by atoms with Crippen LogP contribution in [-0.4, -0.2) is 22.7 Å². The maximum absolute atomic E-state index is 13.7. The van der Waals surface area contributed by atoms with Gasteiger partial charge in [-0.05, 0) is 24.8 Å². The van der Waals surface area contributed by atoms with Crippen LogP contribution in [0.3, 0.4) is 0 Å². The summed E-state index contributed by atoms with van der Waals surface area (Å²) in [4.78, 5) is 2.98. The van der Waals surface area contributed by atoms with Crippen LogP contribution >= 0.6 is 12.2 Å². The van der Waals surface area contributed by atoms with Gasteiger partial charge in [-0.15, -0.1) is 0 Å². The lowest BCUT2D eigenvalue weighted by Gasteiger charge is -2.27. The molecule has 3 rings (SSSR count). The van der Waals surface area contributed by atoms with Gasteiger partial charge in [-0.1, -0.05) is 0 Å². The third-order valence-electron chi connectivity index (χ3n) is 3.62. The first-order valence-electron chi connectivity index (χ1n) is 6.69. The molecule has 2 aromatic rings. The molecule has 1 aromatic carbocycles. The molecular formula is C14H15F2N3OS. The molecule has 4 nitrogen and oxygen atoms in total. The Morgan fingerprint density at radius 2 is 2.24 bits per heavy atom. The number of halogens is 2. The fraction of sp³-hybridized carbons (Fsp3) is 0.357. The average molecular weight is 311 g/mol. The molecule has 1 aromatic heterocycles. The van der Waals surface area contributed by atoms with Gasteiger partial charge in [-0.25, -0.2) is 8.78 Å². The first kappa shape index (κ1) is 14.2. The van der Waals surface area contributed by atoms with Crippen LogP contribution in [0.1, 0.15) is 17.3 Å². The number of H-pyrrole nitrogens is 1. The molecule has 1 aliphatic rings. The van der Waals surface area contributed by atoms with Crippen LogP contribution in [0.5, 0.6) is 5.75 Å². The van der Waals surface area contributed by atoms with Crippen LogP contribution in [0, 0.1) is 16.4 Å². The predicted molar refractivity (Wildman–Crippen MR) is 77.0 cm³/mol. The lowest BCUT2D eigenvalue weighted by molar-refractivity contribution is 0.210. The molecule has 21 heavy (non-hydrogen) atoms. The minimum atomic E-state index is -0.664. The topological polar surface area (TPSA) is 56.0 Å². The van der Waals surface area contributed by atoms with Gasteiger partial charge in [0.05, 0.1) is 6.04 Å². The van der Waals surface area contributed by atoms with E-state index in [1.807, 2.05) is 10.8 Å². The quantitative estimate of drug-likeness (QED) is 0.856. The molecule has 0 aliphatic carbocycles. The second-order valence-corrected chi connectivity index (χ2v) is 5.43.